The van der Waals surface area contributed by atoms with Crippen LogP contribution in [0.1, 0.15) is 78.6 Å². The van der Waals surface area contributed by atoms with Gasteiger partial charge in [0.15, 0.2) is 11.2 Å². The smallest absolute Gasteiger partial charge is 0.227 e. The number of rotatable bonds is 16. The number of benzene rings is 10. The van der Waals surface area contributed by atoms with E-state index in [9.17, 15) is 0 Å². The summed E-state index contributed by atoms with van der Waals surface area (Å²) in [4.78, 5) is 22.1. The zero-order chi connectivity index (χ0) is 67.5. The number of nitrogen functional groups attached to an aromatic ring is 1. The highest BCUT2D eigenvalue weighted by Gasteiger charge is 2.25. The molecule has 0 radical (unpaired) electrons. The first-order valence-corrected chi connectivity index (χ1v) is 32.9. The standard InChI is InChI=1S/C41H35ClN4O2.C30H26Cl2N2O.C11H10N2O.2CH4/c1-41(2,3)30-25-35(44-31-18-16-29(17-19-31)40-45-34-13-7-8-14-37(34)48-40)39(42)36(26-30)46(27-28-11-5-4-6-12-28)32-20-22-33(23-21-32)47-38-15-9-10-24-43-38;1-30(2,3)22-17-24(31)28(32)26(18-22)34(19-20-9-5-4-6-10-20)23-15-13-21(14-16-23)29-33-25-11-7-8-12-27(25)35-29;12-9-4-6-10(7-5-9)14-11-3-1-2-8-13-11;;/h4-26,44H,27H2,1-3H3;4-18H,19H2,1-3H3;1-8H,12H2;2*1H4. The topological polar surface area (TPSA) is 141 Å². The van der Waals surface area contributed by atoms with Gasteiger partial charge in [0.1, 0.15) is 22.5 Å². The average molecular weight is 1370 g/mol. The van der Waals surface area contributed by atoms with Gasteiger partial charge in [-0.25, -0.2) is 19.9 Å². The van der Waals surface area contributed by atoms with Crippen molar-refractivity contribution in [3.8, 4) is 46.2 Å². The molecule has 0 aliphatic rings. The van der Waals surface area contributed by atoms with Gasteiger partial charge in [0.2, 0.25) is 23.5 Å². The van der Waals surface area contributed by atoms with Gasteiger partial charge in [-0.2, -0.15) is 0 Å². The van der Waals surface area contributed by atoms with Crippen LogP contribution in [-0.4, -0.2) is 19.9 Å². The zero-order valence-electron chi connectivity index (χ0n) is 54.5. The molecule has 15 heteroatoms. The number of nitrogens with one attached hydrogen (secondary N) is 1. The highest BCUT2D eigenvalue weighted by molar-refractivity contribution is 6.44. The molecule has 99 heavy (non-hydrogen) atoms. The highest BCUT2D eigenvalue weighted by atomic mass is 35.5. The maximum atomic E-state index is 7.34. The second-order valence-electron chi connectivity index (χ2n) is 25.1. The number of anilines is 7. The van der Waals surface area contributed by atoms with Crippen molar-refractivity contribution in [2.45, 2.75) is 80.3 Å². The summed E-state index contributed by atoms with van der Waals surface area (Å²) in [5.41, 5.74) is 21.2. The van der Waals surface area contributed by atoms with Crippen LogP contribution in [0.5, 0.6) is 23.3 Å². The van der Waals surface area contributed by atoms with E-state index in [1.165, 1.54) is 5.56 Å². The van der Waals surface area contributed by atoms with E-state index in [-0.39, 0.29) is 25.7 Å². The van der Waals surface area contributed by atoms with E-state index in [0.717, 1.165) is 95.6 Å². The molecule has 4 aromatic heterocycles. The molecule has 4 heterocycles. The average Bonchev–Trinajstić information content (AvgIpc) is 1.51. The Morgan fingerprint density at radius 3 is 1.28 bits per heavy atom. The number of nitrogens with zero attached hydrogens (tertiary/aromatic N) is 6. The van der Waals surface area contributed by atoms with E-state index in [0.29, 0.717) is 57.4 Å². The predicted octanol–water partition coefficient (Wildman–Crippen LogP) is 24.9. The van der Waals surface area contributed by atoms with Crippen molar-refractivity contribution in [1.29, 1.82) is 0 Å². The first-order chi connectivity index (χ1) is 46.9. The number of aromatic nitrogens is 4. The van der Waals surface area contributed by atoms with Gasteiger partial charge >= 0.3 is 0 Å². The number of fused-ring (bicyclic) bond motifs is 2. The van der Waals surface area contributed by atoms with Crippen LogP contribution in [-0.2, 0) is 23.9 Å². The lowest BCUT2D eigenvalue weighted by atomic mass is 9.86. The number of ether oxygens (including phenoxy) is 2. The summed E-state index contributed by atoms with van der Waals surface area (Å²) in [5.74, 6) is 3.75. The molecule has 14 aromatic rings. The molecule has 14 rings (SSSR count). The predicted molar refractivity (Wildman–Crippen MR) is 411 cm³/mol. The lowest BCUT2D eigenvalue weighted by Gasteiger charge is -2.30. The largest absolute Gasteiger partial charge is 0.439 e. The van der Waals surface area contributed by atoms with Crippen LogP contribution >= 0.6 is 34.8 Å². The number of pyridine rings is 2. The van der Waals surface area contributed by atoms with Crippen LogP contribution in [0.2, 0.25) is 15.1 Å². The second-order valence-corrected chi connectivity index (χ2v) is 26.3. The number of halogens is 3. The third-order valence-electron chi connectivity index (χ3n) is 15.9. The quantitative estimate of drug-likeness (QED) is 0.0890. The molecule has 0 saturated carbocycles. The van der Waals surface area contributed by atoms with E-state index >= 15 is 0 Å². The molecular formula is C84H79Cl3N8O4. The van der Waals surface area contributed by atoms with Crippen LogP contribution in [0.3, 0.4) is 0 Å². The summed E-state index contributed by atoms with van der Waals surface area (Å²) >= 11 is 20.8. The van der Waals surface area contributed by atoms with Gasteiger partial charge in [0, 0.05) is 71.5 Å². The molecule has 0 fully saturated rings. The Morgan fingerprint density at radius 1 is 0.434 bits per heavy atom. The second kappa shape index (κ2) is 32.0. The molecule has 0 saturated heterocycles. The van der Waals surface area contributed by atoms with Crippen molar-refractivity contribution >= 4 is 96.8 Å². The summed E-state index contributed by atoms with van der Waals surface area (Å²) in [5, 5.41) is 5.31. The fourth-order valence-electron chi connectivity index (χ4n) is 10.6. The van der Waals surface area contributed by atoms with Gasteiger partial charge in [-0.1, -0.05) is 188 Å². The van der Waals surface area contributed by atoms with E-state index in [2.05, 4.69) is 155 Å². The van der Waals surface area contributed by atoms with Crippen LogP contribution < -0.4 is 30.3 Å². The number of para-hydroxylation sites is 4. The molecular weight excluding hydrogens is 1290 g/mol. The molecule has 500 valence electrons. The lowest BCUT2D eigenvalue weighted by molar-refractivity contribution is 0.462. The molecule has 0 aliphatic carbocycles. The van der Waals surface area contributed by atoms with Gasteiger partial charge in [-0.15, -0.1) is 0 Å². The minimum atomic E-state index is -0.134. The van der Waals surface area contributed by atoms with Crippen molar-refractivity contribution in [1.82, 2.24) is 19.9 Å². The molecule has 0 unspecified atom stereocenters. The van der Waals surface area contributed by atoms with Crippen LogP contribution in [0.25, 0.3) is 45.1 Å². The maximum absolute atomic E-state index is 7.34. The summed E-state index contributed by atoms with van der Waals surface area (Å²) in [6.07, 6.45) is 3.40. The number of hydrogen-bond acceptors (Lipinski definition) is 12. The fourth-order valence-corrected chi connectivity index (χ4v) is 11.3. The Bertz CT molecular complexity index is 4830. The minimum Gasteiger partial charge on any atom is -0.439 e. The molecule has 0 spiro atoms. The van der Waals surface area contributed by atoms with E-state index in [1.807, 2.05) is 170 Å². The van der Waals surface area contributed by atoms with Crippen LogP contribution in [0.15, 0.2) is 288 Å². The molecule has 0 aliphatic heterocycles. The summed E-state index contributed by atoms with van der Waals surface area (Å²) < 4.78 is 23.4. The van der Waals surface area contributed by atoms with Crippen molar-refractivity contribution in [3.63, 3.8) is 0 Å². The number of hydrogen-bond donors (Lipinski definition) is 2. The Hall–Kier alpha value is -10.9. The third-order valence-corrected chi connectivity index (χ3v) is 17.1. The molecule has 0 atom stereocenters. The van der Waals surface area contributed by atoms with E-state index in [1.54, 1.807) is 30.6 Å². The summed E-state index contributed by atoms with van der Waals surface area (Å²) in [6.45, 7) is 14.4. The normalized spacial score (nSPS) is 11.0. The minimum absolute atomic E-state index is 0. The molecule has 10 aromatic carbocycles. The summed E-state index contributed by atoms with van der Waals surface area (Å²) in [7, 11) is 0. The Labute approximate surface area is 595 Å². The number of nitrogens with two attached hydrogens (primary N) is 1. The van der Waals surface area contributed by atoms with Gasteiger partial charge < -0.3 is 39.2 Å². The molecule has 0 bridgehead atoms. The van der Waals surface area contributed by atoms with Gasteiger partial charge in [-0.3, -0.25) is 0 Å². The van der Waals surface area contributed by atoms with Crippen molar-refractivity contribution in [3.05, 3.63) is 317 Å². The molecule has 12 nitrogen and oxygen atoms in total. The van der Waals surface area contributed by atoms with Gasteiger partial charge in [0.25, 0.3) is 0 Å². The van der Waals surface area contributed by atoms with Crippen molar-refractivity contribution in [2.75, 3.05) is 20.9 Å². The van der Waals surface area contributed by atoms with Crippen molar-refractivity contribution in [2.24, 2.45) is 0 Å². The maximum Gasteiger partial charge on any atom is 0.227 e. The van der Waals surface area contributed by atoms with Crippen molar-refractivity contribution < 1.29 is 18.3 Å². The Morgan fingerprint density at radius 2 is 0.838 bits per heavy atom. The molecule has 0 amide bonds. The molecule has 3 N–H and O–H groups in total. The Kier molecular flexibility index (Phi) is 22.9. The fraction of sp³-hybridized carbons (Fsp3) is 0.143. The monoisotopic (exact) mass is 1370 g/mol. The SMILES string of the molecule is C.C.CC(C)(C)c1cc(Cl)c(Cl)c(N(Cc2ccccc2)c2ccc(-c3nc4ccccc4o3)cc2)c1.CC(C)(C)c1cc(Nc2ccc(-c3nc4ccccc4o3)cc2)c(Cl)c(N(Cc2ccccc2)c2ccc(Oc3ccccn3)cc2)c1.Nc1ccc(Oc2ccccn2)cc1. The van der Waals surface area contributed by atoms with E-state index < -0.39 is 0 Å². The zero-order valence-corrected chi connectivity index (χ0v) is 56.8. The summed E-state index contributed by atoms with van der Waals surface area (Å²) in [6, 6.07) is 87.4. The highest BCUT2D eigenvalue weighted by Crippen LogP contribution is 2.45. The van der Waals surface area contributed by atoms with Gasteiger partial charge in [0.05, 0.1) is 32.1 Å². The van der Waals surface area contributed by atoms with Crippen LogP contribution in [0.4, 0.5) is 39.8 Å². The van der Waals surface area contributed by atoms with E-state index in [4.69, 9.17) is 58.8 Å². The Balaban J connectivity index is 0.000000181. The van der Waals surface area contributed by atoms with Crippen LogP contribution in [0, 0.1) is 0 Å². The number of oxazole rings is 2. The first-order valence-electron chi connectivity index (χ1n) is 31.7. The third kappa shape index (κ3) is 18.0. The first kappa shape index (κ1) is 70.9. The lowest BCUT2D eigenvalue weighted by Crippen LogP contribution is -2.19. The van der Waals surface area contributed by atoms with Gasteiger partial charge in [-0.05, 0) is 191 Å².